The molecule has 2 aliphatic rings. The van der Waals surface area contributed by atoms with Crippen LogP contribution in [0.5, 0.6) is 0 Å². The number of nitrogens with zero attached hydrogens (tertiary/aromatic N) is 1. The van der Waals surface area contributed by atoms with Gasteiger partial charge in [0.1, 0.15) is 0 Å². The van der Waals surface area contributed by atoms with Crippen molar-refractivity contribution in [3.05, 3.63) is 156 Å². The largest absolute Gasteiger partial charge is 0.308 e. The summed E-state index contributed by atoms with van der Waals surface area (Å²) in [6, 6.07) is 27.0. The zero-order valence-corrected chi connectivity index (χ0v) is 26.3. The maximum Gasteiger partial charge on any atom is 0.227 e. The molecule has 1 aliphatic heterocycles. The van der Waals surface area contributed by atoms with E-state index in [9.17, 15) is 0 Å². The minimum Gasteiger partial charge on any atom is -0.308 e. The van der Waals surface area contributed by atoms with Crippen LogP contribution in [0.3, 0.4) is 0 Å². The van der Waals surface area contributed by atoms with Crippen molar-refractivity contribution < 1.29 is 0 Å². The zero-order chi connectivity index (χ0) is 31.3. The molecule has 4 aromatic carbocycles. The van der Waals surface area contributed by atoms with E-state index >= 15 is 0 Å². The van der Waals surface area contributed by atoms with Crippen LogP contribution in [0, 0.1) is 5.41 Å². The SMILES string of the molecule is C=C/C(=C\C)c1cccc(-c2ccc3c(c2)[N+](=C/C=C\C=C/C)c2c-3ccc3cc(C4=CC=C(/C(C=N)=C/C)CC4)ccc23)c1. The number of allylic oxidation sites excluding steroid dienone is 13. The highest BCUT2D eigenvalue weighted by atomic mass is 15.0. The molecule has 0 radical (unpaired) electrons. The van der Waals surface area contributed by atoms with Gasteiger partial charge in [-0.1, -0.05) is 91.6 Å². The molecule has 0 saturated carbocycles. The first kappa shape index (κ1) is 29.7. The predicted octanol–water partition coefficient (Wildman–Crippen LogP) is 11.8. The summed E-state index contributed by atoms with van der Waals surface area (Å²) in [4.78, 5) is 0. The van der Waals surface area contributed by atoms with Crippen LogP contribution < -0.4 is 4.58 Å². The molecule has 0 unspecified atom stereocenters. The van der Waals surface area contributed by atoms with Gasteiger partial charge in [0.15, 0.2) is 6.21 Å². The summed E-state index contributed by atoms with van der Waals surface area (Å²) in [7, 11) is 0. The Kier molecular flexibility index (Phi) is 8.66. The van der Waals surface area contributed by atoms with Crippen molar-refractivity contribution in [2.75, 3.05) is 0 Å². The molecule has 0 atom stereocenters. The highest BCUT2D eigenvalue weighted by Gasteiger charge is 2.33. The van der Waals surface area contributed by atoms with Gasteiger partial charge in [0.05, 0.1) is 16.5 Å². The normalized spacial score (nSPS) is 15.8. The van der Waals surface area contributed by atoms with Gasteiger partial charge in [0.2, 0.25) is 11.4 Å². The second-order valence-electron chi connectivity index (χ2n) is 11.4. The van der Waals surface area contributed by atoms with E-state index in [1.165, 1.54) is 72.9 Å². The molecule has 0 fully saturated rings. The number of benzene rings is 4. The second-order valence-corrected chi connectivity index (χ2v) is 11.4. The standard InChI is InChI=1S/C43H39N2/c1-5-9-10-11-25-45-42-28-37(35-14-12-13-34(26-35)30(6-2)7-3)20-23-40(42)41-24-21-38-27-36(19-22-39(38)43(41)45)33-17-15-32(16-18-33)31(8-4)29-44/h5-15,17,19-29,44H,2,16,18H2,1,3-4H3/q+1/b9-5-,11-10-,30-7+,31-8+,44-29?,45-25?. The quantitative estimate of drug-likeness (QED) is 0.107. The lowest BCUT2D eigenvalue weighted by atomic mass is 9.89. The lowest BCUT2D eigenvalue weighted by Crippen LogP contribution is -2.02. The van der Waals surface area contributed by atoms with Gasteiger partial charge in [0, 0.05) is 18.4 Å². The number of nitrogens with one attached hydrogen (secondary N) is 1. The van der Waals surface area contributed by atoms with Crippen LogP contribution in [0.2, 0.25) is 0 Å². The third-order valence-electron chi connectivity index (χ3n) is 8.85. The molecule has 0 saturated heterocycles. The third-order valence-corrected chi connectivity index (χ3v) is 8.85. The Morgan fingerprint density at radius 1 is 0.756 bits per heavy atom. The van der Waals surface area contributed by atoms with E-state index in [2.05, 4.69) is 134 Å². The van der Waals surface area contributed by atoms with Crippen molar-refractivity contribution >= 4 is 45.7 Å². The third kappa shape index (κ3) is 5.68. The molecule has 6 rings (SSSR count). The number of hydrogen-bond acceptors (Lipinski definition) is 1. The zero-order valence-electron chi connectivity index (χ0n) is 26.3. The van der Waals surface area contributed by atoms with Crippen LogP contribution in [0.4, 0.5) is 11.4 Å². The molecule has 0 bridgehead atoms. The summed E-state index contributed by atoms with van der Waals surface area (Å²) in [6.45, 7) is 10.1. The molecule has 1 aliphatic carbocycles. The molecule has 0 aromatic heterocycles. The number of hydrogen-bond donors (Lipinski definition) is 1. The van der Waals surface area contributed by atoms with E-state index in [0.29, 0.717) is 0 Å². The van der Waals surface area contributed by atoms with Crippen molar-refractivity contribution in [1.82, 2.24) is 4.58 Å². The van der Waals surface area contributed by atoms with Gasteiger partial charge < -0.3 is 5.41 Å². The minimum absolute atomic E-state index is 0.953. The number of fused-ring (bicyclic) bond motifs is 5. The van der Waals surface area contributed by atoms with Crippen molar-refractivity contribution in [2.45, 2.75) is 33.6 Å². The van der Waals surface area contributed by atoms with Crippen molar-refractivity contribution in [2.24, 2.45) is 0 Å². The Bertz CT molecular complexity index is 2050. The van der Waals surface area contributed by atoms with Crippen LogP contribution in [-0.2, 0) is 0 Å². The first-order valence-corrected chi connectivity index (χ1v) is 15.7. The molecule has 1 N–H and O–H groups in total. The maximum absolute atomic E-state index is 7.71. The van der Waals surface area contributed by atoms with Crippen LogP contribution in [-0.4, -0.2) is 12.4 Å². The van der Waals surface area contributed by atoms with E-state index in [0.717, 1.165) is 24.0 Å². The average molecular weight is 584 g/mol. The lowest BCUT2D eigenvalue weighted by Gasteiger charge is -2.16. The molecule has 1 heterocycles. The summed E-state index contributed by atoms with van der Waals surface area (Å²) in [5, 5.41) is 10.2. The van der Waals surface area contributed by atoms with Gasteiger partial charge in [0.25, 0.3) is 0 Å². The predicted molar refractivity (Wildman–Crippen MR) is 198 cm³/mol. The van der Waals surface area contributed by atoms with E-state index in [-0.39, 0.29) is 0 Å². The van der Waals surface area contributed by atoms with Gasteiger partial charge >= 0.3 is 0 Å². The van der Waals surface area contributed by atoms with E-state index in [4.69, 9.17) is 5.41 Å². The smallest absolute Gasteiger partial charge is 0.227 e. The van der Waals surface area contributed by atoms with Crippen LogP contribution in [0.15, 0.2) is 145 Å². The summed E-state index contributed by atoms with van der Waals surface area (Å²) >= 11 is 0. The Balaban J connectivity index is 1.45. The van der Waals surface area contributed by atoms with Crippen LogP contribution in [0.25, 0.3) is 44.2 Å². The van der Waals surface area contributed by atoms with Crippen molar-refractivity contribution in [3.8, 4) is 22.3 Å². The van der Waals surface area contributed by atoms with Crippen molar-refractivity contribution in [3.63, 3.8) is 0 Å². The van der Waals surface area contributed by atoms with Gasteiger partial charge in [-0.3, -0.25) is 0 Å². The van der Waals surface area contributed by atoms with E-state index < -0.39 is 0 Å². The minimum atomic E-state index is 0.953. The molecule has 45 heavy (non-hydrogen) atoms. The Morgan fingerprint density at radius 2 is 1.56 bits per heavy atom. The molecule has 2 nitrogen and oxygen atoms in total. The molecule has 0 amide bonds. The fraction of sp³-hybridized carbons (Fsp3) is 0.116. The first-order valence-electron chi connectivity index (χ1n) is 15.7. The highest BCUT2D eigenvalue weighted by Crippen LogP contribution is 2.49. The lowest BCUT2D eigenvalue weighted by molar-refractivity contribution is 0.998. The van der Waals surface area contributed by atoms with E-state index in [1.807, 2.05) is 32.1 Å². The molecule has 0 spiro atoms. The van der Waals surface area contributed by atoms with Gasteiger partial charge in [-0.2, -0.15) is 4.58 Å². The first-order chi connectivity index (χ1) is 22.1. The van der Waals surface area contributed by atoms with E-state index in [1.54, 1.807) is 0 Å². The second kappa shape index (κ2) is 13.1. The molecular formula is C43H39N2+. The molecule has 220 valence electrons. The number of rotatable bonds is 8. The molecule has 4 aromatic rings. The topological polar surface area (TPSA) is 26.9 Å². The summed E-state index contributed by atoms with van der Waals surface area (Å²) in [6.07, 6.45) is 24.3. The molecule has 2 heteroatoms. The van der Waals surface area contributed by atoms with Gasteiger partial charge in [-0.25, -0.2) is 0 Å². The fourth-order valence-corrected chi connectivity index (χ4v) is 6.48. The fourth-order valence-electron chi connectivity index (χ4n) is 6.48. The Morgan fingerprint density at radius 3 is 2.29 bits per heavy atom. The summed E-state index contributed by atoms with van der Waals surface area (Å²) < 4.78 is 2.35. The Labute approximate surface area is 267 Å². The average Bonchev–Trinajstić information content (AvgIpc) is 3.41. The van der Waals surface area contributed by atoms with Crippen molar-refractivity contribution in [1.29, 1.82) is 5.41 Å². The monoisotopic (exact) mass is 583 g/mol. The van der Waals surface area contributed by atoms with Gasteiger partial charge in [-0.05, 0) is 114 Å². The van der Waals surface area contributed by atoms with Gasteiger partial charge in [-0.15, -0.1) is 0 Å². The summed E-state index contributed by atoms with van der Waals surface area (Å²) in [5.74, 6) is 0. The Hall–Kier alpha value is -5.34. The van der Waals surface area contributed by atoms with Crippen LogP contribution in [0.1, 0.15) is 44.7 Å². The summed E-state index contributed by atoms with van der Waals surface area (Å²) in [5.41, 5.74) is 14.4. The van der Waals surface area contributed by atoms with Crippen LogP contribution >= 0.6 is 0 Å². The molecular weight excluding hydrogens is 544 g/mol. The maximum atomic E-state index is 7.71. The highest BCUT2D eigenvalue weighted by molar-refractivity contribution is 6.10.